The highest BCUT2D eigenvalue weighted by Gasteiger charge is 2.36. The molecule has 1 unspecified atom stereocenters. The number of hydrogen-bond donors (Lipinski definition) is 1. The smallest absolute Gasteiger partial charge is 0.338 e. The number of ether oxygens (including phenoxy) is 3. The van der Waals surface area contributed by atoms with Crippen LogP contribution in [0, 0.1) is 11.3 Å². The van der Waals surface area contributed by atoms with E-state index in [1.54, 1.807) is 13.8 Å². The van der Waals surface area contributed by atoms with Crippen molar-refractivity contribution in [2.45, 2.75) is 33.1 Å². The van der Waals surface area contributed by atoms with E-state index in [1.807, 2.05) is 31.2 Å². The van der Waals surface area contributed by atoms with Gasteiger partial charge in [-0.05, 0) is 38.0 Å². The van der Waals surface area contributed by atoms with Crippen LogP contribution in [0.25, 0.3) is 0 Å². The summed E-state index contributed by atoms with van der Waals surface area (Å²) >= 11 is 0. The molecule has 0 spiro atoms. The molecule has 1 atom stereocenters. The summed E-state index contributed by atoms with van der Waals surface area (Å²) in [7, 11) is 0. The second-order valence-electron chi connectivity index (χ2n) is 5.54. The minimum absolute atomic E-state index is 0.00192. The first-order valence-corrected chi connectivity index (χ1v) is 8.21. The Morgan fingerprint density at radius 2 is 2.16 bits per heavy atom. The van der Waals surface area contributed by atoms with Gasteiger partial charge < -0.3 is 19.9 Å². The van der Waals surface area contributed by atoms with Crippen molar-refractivity contribution in [3.8, 4) is 11.8 Å². The third-order valence-electron chi connectivity index (χ3n) is 3.77. The summed E-state index contributed by atoms with van der Waals surface area (Å²) in [6, 6.07) is 9.34. The van der Waals surface area contributed by atoms with Gasteiger partial charge in [-0.1, -0.05) is 19.1 Å². The van der Waals surface area contributed by atoms with E-state index in [0.29, 0.717) is 18.1 Å². The summed E-state index contributed by atoms with van der Waals surface area (Å²) in [6.45, 7) is 6.19. The first kappa shape index (κ1) is 18.4. The van der Waals surface area contributed by atoms with Crippen molar-refractivity contribution in [3.63, 3.8) is 0 Å². The molecule has 1 aliphatic rings. The molecule has 2 rings (SSSR count). The second-order valence-corrected chi connectivity index (χ2v) is 5.54. The highest BCUT2D eigenvalue weighted by atomic mass is 16.5. The third kappa shape index (κ3) is 3.94. The van der Waals surface area contributed by atoms with Crippen molar-refractivity contribution >= 4 is 5.97 Å². The molecular weight excluding hydrogens is 320 g/mol. The van der Waals surface area contributed by atoms with Crippen LogP contribution in [0.1, 0.15) is 38.7 Å². The minimum atomic E-state index is -0.650. The molecule has 1 aliphatic heterocycles. The molecular formula is C19H22N2O4. The first-order chi connectivity index (χ1) is 12.0. The molecule has 0 saturated heterocycles. The lowest BCUT2D eigenvalue weighted by Crippen LogP contribution is -2.25. The van der Waals surface area contributed by atoms with Gasteiger partial charge in [-0.15, -0.1) is 0 Å². The Hall–Kier alpha value is -2.94. The van der Waals surface area contributed by atoms with Gasteiger partial charge in [0.15, 0.2) is 0 Å². The van der Waals surface area contributed by atoms with Crippen LogP contribution in [0.15, 0.2) is 47.1 Å². The normalized spacial score (nSPS) is 17.0. The Kier molecular flexibility index (Phi) is 6.07. The molecule has 1 heterocycles. The molecule has 132 valence electrons. The number of hydrogen-bond acceptors (Lipinski definition) is 6. The highest BCUT2D eigenvalue weighted by Crippen LogP contribution is 2.40. The van der Waals surface area contributed by atoms with E-state index in [2.05, 4.69) is 6.07 Å². The zero-order valence-electron chi connectivity index (χ0n) is 14.7. The summed E-state index contributed by atoms with van der Waals surface area (Å²) < 4.78 is 16.2. The van der Waals surface area contributed by atoms with E-state index in [-0.39, 0.29) is 23.6 Å². The molecule has 6 heteroatoms. The fourth-order valence-electron chi connectivity index (χ4n) is 2.69. The van der Waals surface area contributed by atoms with Gasteiger partial charge >= 0.3 is 5.97 Å². The molecule has 0 fully saturated rings. The van der Waals surface area contributed by atoms with E-state index in [1.165, 1.54) is 0 Å². The monoisotopic (exact) mass is 342 g/mol. The van der Waals surface area contributed by atoms with Crippen LogP contribution < -0.4 is 10.5 Å². The summed E-state index contributed by atoms with van der Waals surface area (Å²) in [4.78, 5) is 12.5. The zero-order chi connectivity index (χ0) is 18.4. The van der Waals surface area contributed by atoms with E-state index < -0.39 is 11.9 Å². The molecule has 6 nitrogen and oxygen atoms in total. The quantitative estimate of drug-likeness (QED) is 0.798. The SMILES string of the molecule is CCCOc1cccc(C2C(C#N)=C(N)OC(C)=C2C(=O)OCC)c1. The van der Waals surface area contributed by atoms with Crippen molar-refractivity contribution in [2.75, 3.05) is 13.2 Å². The molecule has 0 aliphatic carbocycles. The molecule has 0 radical (unpaired) electrons. The van der Waals surface area contributed by atoms with Crippen LogP contribution in [-0.2, 0) is 14.3 Å². The van der Waals surface area contributed by atoms with E-state index in [9.17, 15) is 10.1 Å². The van der Waals surface area contributed by atoms with E-state index in [0.717, 1.165) is 12.0 Å². The Morgan fingerprint density at radius 1 is 1.40 bits per heavy atom. The van der Waals surface area contributed by atoms with Crippen LogP contribution in [-0.4, -0.2) is 19.2 Å². The highest BCUT2D eigenvalue weighted by molar-refractivity contribution is 5.92. The number of carbonyl (C=O) groups excluding carboxylic acids is 1. The van der Waals surface area contributed by atoms with Gasteiger partial charge in [-0.2, -0.15) is 5.26 Å². The van der Waals surface area contributed by atoms with Gasteiger partial charge in [0, 0.05) is 0 Å². The van der Waals surface area contributed by atoms with Gasteiger partial charge in [0.1, 0.15) is 23.2 Å². The average molecular weight is 342 g/mol. The van der Waals surface area contributed by atoms with E-state index >= 15 is 0 Å². The van der Waals surface area contributed by atoms with Crippen LogP contribution in [0.2, 0.25) is 0 Å². The van der Waals surface area contributed by atoms with Gasteiger partial charge in [0.2, 0.25) is 5.88 Å². The maximum absolute atomic E-state index is 12.5. The summed E-state index contributed by atoms with van der Waals surface area (Å²) in [5, 5.41) is 9.55. The number of rotatable bonds is 6. The average Bonchev–Trinajstić information content (AvgIpc) is 2.59. The van der Waals surface area contributed by atoms with Crippen LogP contribution in [0.4, 0.5) is 0 Å². The summed E-state index contributed by atoms with van der Waals surface area (Å²) in [5.41, 5.74) is 7.06. The number of carbonyl (C=O) groups is 1. The number of nitriles is 1. The molecule has 0 bridgehead atoms. The molecule has 1 aromatic carbocycles. The Labute approximate surface area is 147 Å². The number of nitrogens with two attached hydrogens (primary N) is 1. The number of nitrogens with zero attached hydrogens (tertiary/aromatic N) is 1. The fraction of sp³-hybridized carbons (Fsp3) is 0.368. The van der Waals surface area contributed by atoms with Crippen molar-refractivity contribution in [3.05, 3.63) is 52.6 Å². The lowest BCUT2D eigenvalue weighted by atomic mass is 9.83. The Morgan fingerprint density at radius 3 is 2.80 bits per heavy atom. The second kappa shape index (κ2) is 8.25. The fourth-order valence-corrected chi connectivity index (χ4v) is 2.69. The van der Waals surface area contributed by atoms with Crippen molar-refractivity contribution in [2.24, 2.45) is 5.73 Å². The number of benzene rings is 1. The van der Waals surface area contributed by atoms with Gasteiger partial charge in [-0.3, -0.25) is 0 Å². The molecule has 1 aromatic rings. The van der Waals surface area contributed by atoms with E-state index in [4.69, 9.17) is 19.9 Å². The molecule has 0 saturated carbocycles. The van der Waals surface area contributed by atoms with Crippen molar-refractivity contribution < 1.29 is 19.0 Å². The lowest BCUT2D eigenvalue weighted by Gasteiger charge is -2.27. The number of esters is 1. The van der Waals surface area contributed by atoms with Crippen LogP contribution in [0.3, 0.4) is 0 Å². The molecule has 2 N–H and O–H groups in total. The van der Waals surface area contributed by atoms with Crippen molar-refractivity contribution in [1.82, 2.24) is 0 Å². The van der Waals surface area contributed by atoms with Crippen LogP contribution in [0.5, 0.6) is 5.75 Å². The third-order valence-corrected chi connectivity index (χ3v) is 3.77. The summed E-state index contributed by atoms with van der Waals surface area (Å²) in [5.74, 6) is -0.173. The predicted molar refractivity (Wildman–Crippen MR) is 92.2 cm³/mol. The Bertz CT molecular complexity index is 759. The van der Waals surface area contributed by atoms with Gasteiger partial charge in [0.05, 0.1) is 24.7 Å². The molecule has 25 heavy (non-hydrogen) atoms. The Balaban J connectivity index is 2.53. The molecule has 0 aromatic heterocycles. The topological polar surface area (TPSA) is 94.6 Å². The predicted octanol–water partition coefficient (Wildman–Crippen LogP) is 3.12. The van der Waals surface area contributed by atoms with Gasteiger partial charge in [0.25, 0.3) is 0 Å². The maximum Gasteiger partial charge on any atom is 0.338 e. The minimum Gasteiger partial charge on any atom is -0.494 e. The largest absolute Gasteiger partial charge is 0.494 e. The van der Waals surface area contributed by atoms with Gasteiger partial charge in [-0.25, -0.2) is 4.79 Å². The zero-order valence-corrected chi connectivity index (χ0v) is 14.7. The lowest BCUT2D eigenvalue weighted by molar-refractivity contribution is -0.139. The van der Waals surface area contributed by atoms with Crippen molar-refractivity contribution in [1.29, 1.82) is 5.26 Å². The van der Waals surface area contributed by atoms with Crippen LogP contribution >= 0.6 is 0 Å². The number of allylic oxidation sites excluding steroid dienone is 2. The first-order valence-electron chi connectivity index (χ1n) is 8.21. The standard InChI is InChI=1S/C19H22N2O4/c1-4-9-24-14-8-6-7-13(10-14)17-15(11-20)18(21)25-12(3)16(17)19(22)23-5-2/h6-8,10,17H,4-5,9,21H2,1-3H3. The summed E-state index contributed by atoms with van der Waals surface area (Å²) in [6.07, 6.45) is 0.880. The molecule has 0 amide bonds. The maximum atomic E-state index is 12.5.